The molecule has 1 N–H and O–H groups in total. The van der Waals surface area contributed by atoms with Gasteiger partial charge in [0.2, 0.25) is 0 Å². The molecule has 1 heterocycles. The number of nitrogens with one attached hydrogen (secondary N) is 1. The van der Waals surface area contributed by atoms with E-state index in [9.17, 15) is 0 Å². The lowest BCUT2D eigenvalue weighted by molar-refractivity contribution is 1.04. The monoisotopic (exact) mass is 275 g/mol. The van der Waals surface area contributed by atoms with Crippen LogP contribution >= 0.6 is 11.6 Å². The number of hydrogen-bond donors (Lipinski definition) is 1. The fourth-order valence-electron chi connectivity index (χ4n) is 1.97. The SMILES string of the molecule is CCNc1nc(-c2ccc(Cl)cc2C)nc(C)c1C. The van der Waals surface area contributed by atoms with E-state index < -0.39 is 0 Å². The molecule has 0 unspecified atom stereocenters. The Balaban J connectivity index is 2.56. The Kier molecular flexibility index (Phi) is 4.05. The van der Waals surface area contributed by atoms with Crippen molar-refractivity contribution < 1.29 is 0 Å². The fourth-order valence-corrected chi connectivity index (χ4v) is 2.19. The van der Waals surface area contributed by atoms with E-state index in [1.165, 1.54) is 0 Å². The minimum absolute atomic E-state index is 0.733. The average molecular weight is 276 g/mol. The normalized spacial score (nSPS) is 10.6. The molecule has 3 nitrogen and oxygen atoms in total. The Bertz CT molecular complexity index is 609. The Hall–Kier alpha value is -1.61. The maximum Gasteiger partial charge on any atom is 0.162 e. The largest absolute Gasteiger partial charge is 0.370 e. The zero-order valence-electron chi connectivity index (χ0n) is 11.7. The van der Waals surface area contributed by atoms with Gasteiger partial charge in [-0.05, 0) is 51.5 Å². The van der Waals surface area contributed by atoms with Crippen molar-refractivity contribution in [1.29, 1.82) is 0 Å². The van der Waals surface area contributed by atoms with Gasteiger partial charge in [-0.3, -0.25) is 0 Å². The van der Waals surface area contributed by atoms with Crippen molar-refractivity contribution in [2.75, 3.05) is 11.9 Å². The number of halogens is 1. The van der Waals surface area contributed by atoms with Gasteiger partial charge < -0.3 is 5.32 Å². The van der Waals surface area contributed by atoms with Crippen LogP contribution in [-0.4, -0.2) is 16.5 Å². The van der Waals surface area contributed by atoms with Crippen LogP contribution in [0.25, 0.3) is 11.4 Å². The van der Waals surface area contributed by atoms with Crippen molar-refractivity contribution >= 4 is 17.4 Å². The number of aryl methyl sites for hydroxylation is 2. The molecule has 0 radical (unpaired) electrons. The molecule has 0 amide bonds. The molecule has 0 bridgehead atoms. The van der Waals surface area contributed by atoms with Gasteiger partial charge in [-0.2, -0.15) is 0 Å². The molecule has 19 heavy (non-hydrogen) atoms. The van der Waals surface area contributed by atoms with Crippen LogP contribution in [0.5, 0.6) is 0 Å². The van der Waals surface area contributed by atoms with E-state index in [1.54, 1.807) is 0 Å². The number of anilines is 1. The summed E-state index contributed by atoms with van der Waals surface area (Å²) in [7, 11) is 0. The molecule has 1 aromatic heterocycles. The third-order valence-electron chi connectivity index (χ3n) is 3.16. The van der Waals surface area contributed by atoms with Crippen molar-refractivity contribution in [1.82, 2.24) is 9.97 Å². The van der Waals surface area contributed by atoms with Gasteiger partial charge in [-0.25, -0.2) is 9.97 Å². The molecule has 2 rings (SSSR count). The van der Waals surface area contributed by atoms with Crippen molar-refractivity contribution in [2.24, 2.45) is 0 Å². The summed E-state index contributed by atoms with van der Waals surface area (Å²) in [4.78, 5) is 9.20. The van der Waals surface area contributed by atoms with Crippen molar-refractivity contribution in [3.8, 4) is 11.4 Å². The molecule has 0 saturated carbocycles. The van der Waals surface area contributed by atoms with E-state index in [0.29, 0.717) is 0 Å². The molecule has 0 atom stereocenters. The van der Waals surface area contributed by atoms with Crippen LogP contribution in [-0.2, 0) is 0 Å². The van der Waals surface area contributed by atoms with Crippen LogP contribution in [0.1, 0.15) is 23.7 Å². The molecule has 0 aliphatic rings. The molecule has 0 aliphatic heterocycles. The second-order valence-electron chi connectivity index (χ2n) is 4.60. The highest BCUT2D eigenvalue weighted by atomic mass is 35.5. The van der Waals surface area contributed by atoms with Gasteiger partial charge in [0, 0.05) is 28.4 Å². The van der Waals surface area contributed by atoms with Crippen LogP contribution in [0.3, 0.4) is 0 Å². The molecular weight excluding hydrogens is 258 g/mol. The summed E-state index contributed by atoms with van der Waals surface area (Å²) in [5.41, 5.74) is 4.19. The van der Waals surface area contributed by atoms with E-state index in [2.05, 4.69) is 22.2 Å². The highest BCUT2D eigenvalue weighted by molar-refractivity contribution is 6.30. The molecule has 0 fully saturated rings. The maximum absolute atomic E-state index is 5.99. The fraction of sp³-hybridized carbons (Fsp3) is 0.333. The van der Waals surface area contributed by atoms with Gasteiger partial charge in [0.05, 0.1) is 0 Å². The summed E-state index contributed by atoms with van der Waals surface area (Å²) in [5, 5.41) is 4.01. The van der Waals surface area contributed by atoms with Crippen LogP contribution in [0.15, 0.2) is 18.2 Å². The third-order valence-corrected chi connectivity index (χ3v) is 3.40. The first-order valence-electron chi connectivity index (χ1n) is 6.38. The molecular formula is C15H18ClN3. The van der Waals surface area contributed by atoms with Gasteiger partial charge in [-0.1, -0.05) is 11.6 Å². The second-order valence-corrected chi connectivity index (χ2v) is 5.03. The number of hydrogen-bond acceptors (Lipinski definition) is 3. The molecule has 2 aromatic rings. The van der Waals surface area contributed by atoms with E-state index in [0.717, 1.165) is 45.6 Å². The minimum Gasteiger partial charge on any atom is -0.370 e. The Labute approximate surface area is 119 Å². The summed E-state index contributed by atoms with van der Waals surface area (Å²) in [6, 6.07) is 5.77. The van der Waals surface area contributed by atoms with Crippen molar-refractivity contribution in [2.45, 2.75) is 27.7 Å². The zero-order valence-corrected chi connectivity index (χ0v) is 12.5. The first kappa shape index (κ1) is 13.8. The number of benzene rings is 1. The van der Waals surface area contributed by atoms with Gasteiger partial charge in [0.1, 0.15) is 5.82 Å². The Morgan fingerprint density at radius 3 is 2.53 bits per heavy atom. The highest BCUT2D eigenvalue weighted by Crippen LogP contribution is 2.26. The summed E-state index contributed by atoms with van der Waals surface area (Å²) >= 11 is 5.99. The number of rotatable bonds is 3. The van der Waals surface area contributed by atoms with Gasteiger partial charge >= 0.3 is 0 Å². The first-order chi connectivity index (χ1) is 9.02. The van der Waals surface area contributed by atoms with Crippen LogP contribution in [0.4, 0.5) is 5.82 Å². The third kappa shape index (κ3) is 2.87. The van der Waals surface area contributed by atoms with Crippen LogP contribution < -0.4 is 5.32 Å². The standard InChI is InChI=1S/C15H18ClN3/c1-5-17-14-10(3)11(4)18-15(19-14)13-7-6-12(16)8-9(13)2/h6-8H,5H2,1-4H3,(H,17,18,19). The van der Waals surface area contributed by atoms with Gasteiger partial charge in [0.25, 0.3) is 0 Å². The lowest BCUT2D eigenvalue weighted by atomic mass is 10.1. The minimum atomic E-state index is 0.733. The summed E-state index contributed by atoms with van der Waals surface area (Å²) in [5.74, 6) is 1.65. The lowest BCUT2D eigenvalue weighted by Gasteiger charge is -2.12. The second kappa shape index (κ2) is 5.57. The molecule has 4 heteroatoms. The quantitative estimate of drug-likeness (QED) is 0.914. The van der Waals surface area contributed by atoms with E-state index in [4.69, 9.17) is 11.6 Å². The predicted octanol–water partition coefficient (Wildman–Crippen LogP) is 4.15. The van der Waals surface area contributed by atoms with E-state index in [1.807, 2.05) is 39.0 Å². The Morgan fingerprint density at radius 2 is 1.89 bits per heavy atom. The number of aromatic nitrogens is 2. The summed E-state index contributed by atoms with van der Waals surface area (Å²) in [6.45, 7) is 8.96. The molecule has 100 valence electrons. The average Bonchev–Trinajstić information content (AvgIpc) is 2.35. The lowest BCUT2D eigenvalue weighted by Crippen LogP contribution is -2.06. The van der Waals surface area contributed by atoms with Gasteiger partial charge in [0.15, 0.2) is 5.82 Å². The highest BCUT2D eigenvalue weighted by Gasteiger charge is 2.11. The maximum atomic E-state index is 5.99. The molecule has 0 spiro atoms. The number of nitrogens with zero attached hydrogens (tertiary/aromatic N) is 2. The zero-order chi connectivity index (χ0) is 14.0. The van der Waals surface area contributed by atoms with Crippen molar-refractivity contribution in [3.63, 3.8) is 0 Å². The molecule has 0 saturated heterocycles. The van der Waals surface area contributed by atoms with Crippen molar-refractivity contribution in [3.05, 3.63) is 40.0 Å². The smallest absolute Gasteiger partial charge is 0.162 e. The Morgan fingerprint density at radius 1 is 1.16 bits per heavy atom. The van der Waals surface area contributed by atoms with Crippen LogP contribution in [0, 0.1) is 20.8 Å². The van der Waals surface area contributed by atoms with E-state index in [-0.39, 0.29) is 0 Å². The summed E-state index contributed by atoms with van der Waals surface area (Å²) < 4.78 is 0. The van der Waals surface area contributed by atoms with Gasteiger partial charge in [-0.15, -0.1) is 0 Å². The van der Waals surface area contributed by atoms with E-state index >= 15 is 0 Å². The molecule has 1 aromatic carbocycles. The predicted molar refractivity (Wildman–Crippen MR) is 80.9 cm³/mol. The summed E-state index contributed by atoms with van der Waals surface area (Å²) in [6.07, 6.45) is 0. The topological polar surface area (TPSA) is 37.8 Å². The first-order valence-corrected chi connectivity index (χ1v) is 6.76. The van der Waals surface area contributed by atoms with Crippen LogP contribution in [0.2, 0.25) is 5.02 Å². The molecule has 0 aliphatic carbocycles.